The van der Waals surface area contributed by atoms with E-state index in [-0.39, 0.29) is 41.5 Å². The number of nitrogens with one attached hydrogen (secondary N) is 1. The Bertz CT molecular complexity index is 1070. The van der Waals surface area contributed by atoms with Gasteiger partial charge in [-0.05, 0) is 33.8 Å². The third kappa shape index (κ3) is 4.04. The molecule has 0 saturated heterocycles. The molecule has 0 bridgehead atoms. The number of benzene rings is 1. The molecule has 10 nitrogen and oxygen atoms in total. The molecular formula is C23H26N2O8. The van der Waals surface area contributed by atoms with Gasteiger partial charge in [0.2, 0.25) is 0 Å². The van der Waals surface area contributed by atoms with E-state index in [1.54, 1.807) is 52.0 Å². The molecule has 2 aliphatic rings. The van der Waals surface area contributed by atoms with E-state index >= 15 is 0 Å². The maximum atomic E-state index is 13.6. The van der Waals surface area contributed by atoms with Crippen molar-refractivity contribution in [2.24, 2.45) is 5.73 Å². The highest BCUT2D eigenvalue weighted by Crippen LogP contribution is 2.53. The SMILES string of the molecule is CCOC(=O)CC1=C(C(=O)OCC)C2(C(=O)O1)C(C(=O)OC(C)C)=C(N)Nc1ccccc12. The summed E-state index contributed by atoms with van der Waals surface area (Å²) in [6.45, 7) is 6.53. The van der Waals surface area contributed by atoms with Crippen molar-refractivity contribution in [3.8, 4) is 0 Å². The number of hydrogen-bond donors (Lipinski definition) is 2. The molecule has 1 aromatic carbocycles. The lowest BCUT2D eigenvalue weighted by atomic mass is 9.66. The second kappa shape index (κ2) is 9.35. The van der Waals surface area contributed by atoms with Crippen LogP contribution in [0.1, 0.15) is 39.7 Å². The van der Waals surface area contributed by atoms with Crippen molar-refractivity contribution in [2.45, 2.75) is 45.6 Å². The van der Waals surface area contributed by atoms with Crippen molar-refractivity contribution in [1.82, 2.24) is 0 Å². The summed E-state index contributed by atoms with van der Waals surface area (Å²) in [6.07, 6.45) is -1.06. The van der Waals surface area contributed by atoms with Crippen LogP contribution in [0, 0.1) is 0 Å². The number of ether oxygens (including phenoxy) is 4. The summed E-state index contributed by atoms with van der Waals surface area (Å²) in [5.74, 6) is -3.99. The summed E-state index contributed by atoms with van der Waals surface area (Å²) in [5, 5.41) is 2.89. The number of rotatable bonds is 7. The van der Waals surface area contributed by atoms with Crippen LogP contribution in [0.2, 0.25) is 0 Å². The molecule has 1 atom stereocenters. The third-order valence-electron chi connectivity index (χ3n) is 5.06. The zero-order valence-corrected chi connectivity index (χ0v) is 18.9. The topological polar surface area (TPSA) is 143 Å². The molecule has 0 amide bonds. The molecule has 0 radical (unpaired) electrons. The van der Waals surface area contributed by atoms with E-state index in [4.69, 9.17) is 24.7 Å². The van der Waals surface area contributed by atoms with Crippen LogP contribution in [-0.4, -0.2) is 43.2 Å². The standard InChI is InChI=1S/C23H26N2O8/c1-5-30-16(26)11-15-17(20(27)31-6-2)23(22(29)33-15)13-9-7-8-10-14(13)25-19(24)18(23)21(28)32-12(3)4/h7-10,12,25H,5-6,11,24H2,1-4H3. The van der Waals surface area contributed by atoms with Gasteiger partial charge in [-0.3, -0.25) is 4.79 Å². The lowest BCUT2D eigenvalue weighted by Crippen LogP contribution is -2.48. The quantitative estimate of drug-likeness (QED) is 0.458. The minimum atomic E-state index is -2.09. The molecule has 0 saturated carbocycles. The van der Waals surface area contributed by atoms with Crippen molar-refractivity contribution in [1.29, 1.82) is 0 Å². The summed E-state index contributed by atoms with van der Waals surface area (Å²) in [5.41, 5.74) is 4.11. The van der Waals surface area contributed by atoms with E-state index in [1.807, 2.05) is 0 Å². The first-order valence-corrected chi connectivity index (χ1v) is 10.5. The second-order valence-electron chi connectivity index (χ2n) is 7.55. The van der Waals surface area contributed by atoms with E-state index in [9.17, 15) is 19.2 Å². The van der Waals surface area contributed by atoms with Crippen LogP contribution < -0.4 is 11.1 Å². The minimum absolute atomic E-state index is 0.0237. The fourth-order valence-electron chi connectivity index (χ4n) is 3.96. The Labute approximate surface area is 190 Å². The number of carbonyl (C=O) groups excluding carboxylic acids is 4. The van der Waals surface area contributed by atoms with Gasteiger partial charge in [0.15, 0.2) is 5.41 Å². The zero-order valence-electron chi connectivity index (χ0n) is 18.9. The number of para-hydroxylation sites is 1. The van der Waals surface area contributed by atoms with Crippen LogP contribution in [0.3, 0.4) is 0 Å². The Morgan fingerprint density at radius 1 is 1.06 bits per heavy atom. The van der Waals surface area contributed by atoms with E-state index in [1.165, 1.54) is 0 Å². The van der Waals surface area contributed by atoms with Crippen LogP contribution in [0.15, 0.2) is 47.0 Å². The van der Waals surface area contributed by atoms with Crippen molar-refractivity contribution in [3.63, 3.8) is 0 Å². The maximum absolute atomic E-state index is 13.6. The smallest absolute Gasteiger partial charge is 0.339 e. The Kier molecular flexibility index (Phi) is 6.75. The molecule has 33 heavy (non-hydrogen) atoms. The van der Waals surface area contributed by atoms with Crippen LogP contribution in [0.5, 0.6) is 0 Å². The predicted octanol–water partition coefficient (Wildman–Crippen LogP) is 1.80. The number of anilines is 1. The van der Waals surface area contributed by atoms with Gasteiger partial charge in [0.25, 0.3) is 0 Å². The summed E-state index contributed by atoms with van der Waals surface area (Å²) < 4.78 is 21.0. The molecule has 176 valence electrons. The van der Waals surface area contributed by atoms with E-state index in [2.05, 4.69) is 5.32 Å². The fourth-order valence-corrected chi connectivity index (χ4v) is 3.96. The van der Waals surface area contributed by atoms with E-state index in [0.717, 1.165) is 0 Å². The molecular weight excluding hydrogens is 432 g/mol. The first-order chi connectivity index (χ1) is 15.7. The van der Waals surface area contributed by atoms with Crippen LogP contribution in [0.25, 0.3) is 0 Å². The summed E-state index contributed by atoms with van der Waals surface area (Å²) >= 11 is 0. The zero-order chi connectivity index (χ0) is 24.3. The minimum Gasteiger partial charge on any atom is -0.466 e. The Morgan fingerprint density at radius 2 is 1.73 bits per heavy atom. The van der Waals surface area contributed by atoms with Crippen LogP contribution in [-0.2, 0) is 43.5 Å². The van der Waals surface area contributed by atoms with Gasteiger partial charge in [0.1, 0.15) is 29.1 Å². The van der Waals surface area contributed by atoms with Gasteiger partial charge in [0.05, 0.1) is 19.3 Å². The molecule has 10 heteroatoms. The number of hydrogen-bond acceptors (Lipinski definition) is 10. The molecule has 2 heterocycles. The highest BCUT2D eigenvalue weighted by molar-refractivity contribution is 6.16. The average molecular weight is 458 g/mol. The molecule has 1 aromatic rings. The van der Waals surface area contributed by atoms with Crippen molar-refractivity contribution in [2.75, 3.05) is 18.5 Å². The molecule has 0 aliphatic carbocycles. The first kappa shape index (κ1) is 23.8. The predicted molar refractivity (Wildman–Crippen MR) is 115 cm³/mol. The van der Waals surface area contributed by atoms with Crippen LogP contribution >= 0.6 is 0 Å². The Hall–Kier alpha value is -3.82. The third-order valence-corrected chi connectivity index (χ3v) is 5.06. The lowest BCUT2D eigenvalue weighted by molar-refractivity contribution is -0.150. The molecule has 2 aliphatic heterocycles. The van der Waals surface area contributed by atoms with Gasteiger partial charge in [-0.2, -0.15) is 0 Å². The van der Waals surface area contributed by atoms with Gasteiger partial charge in [-0.1, -0.05) is 18.2 Å². The number of carbonyl (C=O) groups is 4. The molecule has 0 aromatic heterocycles. The Morgan fingerprint density at radius 3 is 2.36 bits per heavy atom. The largest absolute Gasteiger partial charge is 0.466 e. The summed E-state index contributed by atoms with van der Waals surface area (Å²) in [4.78, 5) is 52.3. The highest BCUT2D eigenvalue weighted by Gasteiger charge is 2.63. The van der Waals surface area contributed by atoms with Gasteiger partial charge in [-0.25, -0.2) is 14.4 Å². The van der Waals surface area contributed by atoms with E-state index in [0.29, 0.717) is 5.69 Å². The summed E-state index contributed by atoms with van der Waals surface area (Å²) in [7, 11) is 0. The Balaban J connectivity index is 2.36. The van der Waals surface area contributed by atoms with Crippen molar-refractivity contribution in [3.05, 3.63) is 52.6 Å². The number of nitrogens with two attached hydrogens (primary N) is 1. The van der Waals surface area contributed by atoms with Gasteiger partial charge in [0, 0.05) is 11.3 Å². The lowest BCUT2D eigenvalue weighted by Gasteiger charge is -2.36. The molecule has 1 spiro atoms. The molecule has 1 unspecified atom stereocenters. The molecule has 3 N–H and O–H groups in total. The maximum Gasteiger partial charge on any atom is 0.339 e. The first-order valence-electron chi connectivity index (χ1n) is 10.5. The van der Waals surface area contributed by atoms with E-state index < -0.39 is 41.8 Å². The fraction of sp³-hybridized carbons (Fsp3) is 0.391. The second-order valence-corrected chi connectivity index (χ2v) is 7.55. The monoisotopic (exact) mass is 458 g/mol. The molecule has 0 fully saturated rings. The average Bonchev–Trinajstić information content (AvgIpc) is 2.99. The van der Waals surface area contributed by atoms with Crippen molar-refractivity contribution >= 4 is 29.6 Å². The van der Waals surface area contributed by atoms with Gasteiger partial charge >= 0.3 is 23.9 Å². The molecule has 3 rings (SSSR count). The van der Waals surface area contributed by atoms with Crippen LogP contribution in [0.4, 0.5) is 5.69 Å². The number of fused-ring (bicyclic) bond motifs is 2. The highest BCUT2D eigenvalue weighted by atomic mass is 16.6. The normalized spacial score (nSPS) is 19.2. The van der Waals surface area contributed by atoms with Gasteiger partial charge in [-0.15, -0.1) is 0 Å². The van der Waals surface area contributed by atoms with Gasteiger partial charge < -0.3 is 30.0 Å². The number of esters is 4. The summed E-state index contributed by atoms with van der Waals surface area (Å²) in [6, 6.07) is 6.52. The van der Waals surface area contributed by atoms with Crippen molar-refractivity contribution < 1.29 is 38.1 Å². The number of cyclic esters (lactones) is 1.